The first-order valence-corrected chi connectivity index (χ1v) is 8.05. The van der Waals surface area contributed by atoms with Crippen LogP contribution in [0.3, 0.4) is 0 Å². The number of methoxy groups -OCH3 is 1. The molecule has 1 aromatic rings. The molecule has 0 saturated heterocycles. The molecule has 2 unspecified atom stereocenters. The Morgan fingerprint density at radius 3 is 2.50 bits per heavy atom. The molecule has 0 aliphatic rings. The van der Waals surface area contributed by atoms with Crippen molar-refractivity contribution >= 4 is 6.29 Å². The Kier molecular flexibility index (Phi) is 8.97. The molecule has 4 nitrogen and oxygen atoms in total. The van der Waals surface area contributed by atoms with Gasteiger partial charge < -0.3 is 9.53 Å². The molecule has 0 fully saturated rings. The highest BCUT2D eigenvalue weighted by Gasteiger charge is 2.30. The van der Waals surface area contributed by atoms with Crippen LogP contribution in [0.2, 0.25) is 0 Å². The van der Waals surface area contributed by atoms with E-state index >= 15 is 0 Å². The lowest BCUT2D eigenvalue weighted by molar-refractivity contribution is -0.443. The van der Waals surface area contributed by atoms with Crippen LogP contribution < -0.4 is 0 Å². The summed E-state index contributed by atoms with van der Waals surface area (Å²) >= 11 is 0. The minimum atomic E-state index is -0.980. The quantitative estimate of drug-likeness (QED) is 0.189. The van der Waals surface area contributed by atoms with Gasteiger partial charge in [-0.3, -0.25) is 0 Å². The summed E-state index contributed by atoms with van der Waals surface area (Å²) < 4.78 is 5.46. The van der Waals surface area contributed by atoms with Gasteiger partial charge in [-0.25, -0.2) is 4.89 Å². The summed E-state index contributed by atoms with van der Waals surface area (Å²) in [5.41, 5.74) is 0.869. The molecule has 0 heterocycles. The smallest absolute Gasteiger partial charge is 0.224 e. The second kappa shape index (κ2) is 10.5. The van der Waals surface area contributed by atoms with Gasteiger partial charge in [0, 0.05) is 19.1 Å². The standard InChI is InChI=1S/C18H28O4/c1-4-5-6-10-13-17(14-15-19)21-22-18(2,20-3)16-11-8-7-9-12-16/h7-9,11-12,15,17H,4-6,10,13-14H2,1-3H3. The molecule has 1 rings (SSSR count). The van der Waals surface area contributed by atoms with E-state index in [1.807, 2.05) is 30.3 Å². The third-order valence-corrected chi connectivity index (χ3v) is 3.77. The van der Waals surface area contributed by atoms with Gasteiger partial charge in [-0.05, 0) is 13.3 Å². The number of ether oxygens (including phenoxy) is 1. The van der Waals surface area contributed by atoms with Crippen molar-refractivity contribution in [2.45, 2.75) is 64.3 Å². The van der Waals surface area contributed by atoms with Crippen molar-refractivity contribution in [1.82, 2.24) is 0 Å². The molecule has 0 aromatic heterocycles. The lowest BCUT2D eigenvalue weighted by Crippen LogP contribution is -2.31. The normalized spacial score (nSPS) is 15.2. The molecule has 0 spiro atoms. The molecule has 0 aliphatic carbocycles. The van der Waals surface area contributed by atoms with Crippen molar-refractivity contribution in [2.75, 3.05) is 7.11 Å². The second-order valence-electron chi connectivity index (χ2n) is 5.57. The monoisotopic (exact) mass is 308 g/mol. The SMILES string of the molecule is CCCCCCC(CC=O)OOC(C)(OC)c1ccccc1. The Morgan fingerprint density at radius 2 is 1.91 bits per heavy atom. The third-order valence-electron chi connectivity index (χ3n) is 3.77. The van der Waals surface area contributed by atoms with E-state index in [0.29, 0.717) is 6.42 Å². The maximum absolute atomic E-state index is 10.8. The number of hydrogen-bond acceptors (Lipinski definition) is 4. The number of carbonyl (C=O) groups is 1. The first-order valence-electron chi connectivity index (χ1n) is 8.05. The van der Waals surface area contributed by atoms with Crippen LogP contribution in [-0.4, -0.2) is 19.5 Å². The molecule has 124 valence electrons. The first-order chi connectivity index (χ1) is 10.7. The topological polar surface area (TPSA) is 44.8 Å². The molecule has 0 N–H and O–H groups in total. The van der Waals surface area contributed by atoms with E-state index in [4.69, 9.17) is 14.5 Å². The molecule has 2 atom stereocenters. The van der Waals surface area contributed by atoms with E-state index in [9.17, 15) is 4.79 Å². The zero-order valence-corrected chi connectivity index (χ0v) is 13.9. The van der Waals surface area contributed by atoms with Crippen molar-refractivity contribution in [3.63, 3.8) is 0 Å². The van der Waals surface area contributed by atoms with Crippen LogP contribution >= 0.6 is 0 Å². The fourth-order valence-electron chi connectivity index (χ4n) is 2.21. The number of rotatable bonds is 12. The Bertz CT molecular complexity index is 407. The fraction of sp³-hybridized carbons (Fsp3) is 0.611. The summed E-state index contributed by atoms with van der Waals surface area (Å²) in [4.78, 5) is 21.9. The van der Waals surface area contributed by atoms with Gasteiger partial charge in [0.2, 0.25) is 5.79 Å². The average Bonchev–Trinajstić information content (AvgIpc) is 2.57. The van der Waals surface area contributed by atoms with Gasteiger partial charge in [0.15, 0.2) is 0 Å². The molecule has 0 amide bonds. The van der Waals surface area contributed by atoms with Gasteiger partial charge in [-0.2, -0.15) is 4.89 Å². The summed E-state index contributed by atoms with van der Waals surface area (Å²) in [6.07, 6.45) is 6.36. The van der Waals surface area contributed by atoms with Crippen molar-refractivity contribution in [2.24, 2.45) is 0 Å². The molecule has 0 saturated carbocycles. The predicted octanol–water partition coefficient (Wildman–Crippen LogP) is 4.38. The van der Waals surface area contributed by atoms with Gasteiger partial charge in [0.25, 0.3) is 0 Å². The van der Waals surface area contributed by atoms with Crippen LogP contribution in [0.1, 0.15) is 57.9 Å². The number of unbranched alkanes of at least 4 members (excludes halogenated alkanes) is 3. The highest BCUT2D eigenvalue weighted by Crippen LogP contribution is 2.27. The van der Waals surface area contributed by atoms with Crippen LogP contribution in [0, 0.1) is 0 Å². The van der Waals surface area contributed by atoms with Crippen LogP contribution in [-0.2, 0) is 25.1 Å². The number of benzene rings is 1. The van der Waals surface area contributed by atoms with Crippen molar-refractivity contribution in [3.8, 4) is 0 Å². The maximum atomic E-state index is 10.8. The van der Waals surface area contributed by atoms with Gasteiger partial charge in [0.05, 0.1) is 6.10 Å². The molecule has 0 radical (unpaired) electrons. The lowest BCUT2D eigenvalue weighted by atomic mass is 10.1. The Balaban J connectivity index is 2.55. The largest absolute Gasteiger partial charge is 0.347 e. The highest BCUT2D eigenvalue weighted by molar-refractivity contribution is 5.50. The Hall–Kier alpha value is -1.23. The van der Waals surface area contributed by atoms with Crippen molar-refractivity contribution < 1.29 is 19.3 Å². The summed E-state index contributed by atoms with van der Waals surface area (Å²) in [6, 6.07) is 9.61. The minimum absolute atomic E-state index is 0.229. The molecule has 1 aromatic carbocycles. The summed E-state index contributed by atoms with van der Waals surface area (Å²) in [7, 11) is 1.58. The van der Waals surface area contributed by atoms with Crippen LogP contribution in [0.15, 0.2) is 30.3 Å². The molecule has 0 bridgehead atoms. The van der Waals surface area contributed by atoms with Crippen LogP contribution in [0.4, 0.5) is 0 Å². The minimum Gasteiger partial charge on any atom is -0.347 e. The van der Waals surface area contributed by atoms with Crippen LogP contribution in [0.5, 0.6) is 0 Å². The molecular weight excluding hydrogens is 280 g/mol. The molecule has 22 heavy (non-hydrogen) atoms. The second-order valence-corrected chi connectivity index (χ2v) is 5.57. The molecule has 4 heteroatoms. The van der Waals surface area contributed by atoms with Crippen molar-refractivity contribution in [3.05, 3.63) is 35.9 Å². The molecule has 0 aliphatic heterocycles. The van der Waals surface area contributed by atoms with Gasteiger partial charge in [0.1, 0.15) is 6.29 Å². The highest BCUT2D eigenvalue weighted by atomic mass is 17.2. The van der Waals surface area contributed by atoms with Crippen molar-refractivity contribution in [1.29, 1.82) is 0 Å². The maximum Gasteiger partial charge on any atom is 0.224 e. The lowest BCUT2D eigenvalue weighted by Gasteiger charge is -2.29. The van der Waals surface area contributed by atoms with Gasteiger partial charge >= 0.3 is 0 Å². The predicted molar refractivity (Wildman–Crippen MR) is 86.2 cm³/mol. The van der Waals surface area contributed by atoms with E-state index < -0.39 is 5.79 Å². The summed E-state index contributed by atoms with van der Waals surface area (Å²) in [5, 5.41) is 0. The van der Waals surface area contributed by atoms with Gasteiger partial charge in [-0.1, -0.05) is 62.9 Å². The first kappa shape index (κ1) is 18.8. The number of carbonyl (C=O) groups excluding carboxylic acids is 1. The molecular formula is C18H28O4. The average molecular weight is 308 g/mol. The summed E-state index contributed by atoms with van der Waals surface area (Å²) in [5.74, 6) is -0.980. The zero-order valence-electron chi connectivity index (χ0n) is 13.9. The Labute approximate surface area is 133 Å². The third kappa shape index (κ3) is 6.26. The zero-order chi connectivity index (χ0) is 16.3. The fourth-order valence-corrected chi connectivity index (χ4v) is 2.21. The summed E-state index contributed by atoms with van der Waals surface area (Å²) in [6.45, 7) is 3.98. The number of aldehydes is 1. The van der Waals surface area contributed by atoms with E-state index in [-0.39, 0.29) is 6.10 Å². The van der Waals surface area contributed by atoms with E-state index in [1.54, 1.807) is 14.0 Å². The van der Waals surface area contributed by atoms with E-state index in [1.165, 1.54) is 12.8 Å². The van der Waals surface area contributed by atoms with E-state index in [0.717, 1.165) is 31.1 Å². The Morgan fingerprint density at radius 1 is 1.18 bits per heavy atom. The van der Waals surface area contributed by atoms with E-state index in [2.05, 4.69) is 6.92 Å². The number of hydrogen-bond donors (Lipinski definition) is 0. The van der Waals surface area contributed by atoms with Crippen LogP contribution in [0.25, 0.3) is 0 Å². The van der Waals surface area contributed by atoms with Gasteiger partial charge in [-0.15, -0.1) is 0 Å².